The second-order valence-electron chi connectivity index (χ2n) is 5.47. The Labute approximate surface area is 126 Å². The molecule has 0 spiro atoms. The number of hydrogen-bond donors (Lipinski definition) is 2. The third-order valence-corrected chi connectivity index (χ3v) is 3.47. The molecule has 0 radical (unpaired) electrons. The largest absolute Gasteiger partial charge is 0.467 e. The maximum Gasteiger partial charge on any atom is 0.129 e. The maximum atomic E-state index is 9.88. The molecule has 1 aromatic rings. The van der Waals surface area contributed by atoms with Gasteiger partial charge in [-0.05, 0) is 19.1 Å². The summed E-state index contributed by atoms with van der Waals surface area (Å²) < 4.78 is 15.9. The third-order valence-electron chi connectivity index (χ3n) is 3.47. The lowest BCUT2D eigenvalue weighted by Crippen LogP contribution is -2.46. The zero-order valence-corrected chi connectivity index (χ0v) is 12.7. The normalized spacial score (nSPS) is 19.5. The van der Waals surface area contributed by atoms with Gasteiger partial charge in [0.15, 0.2) is 0 Å². The number of nitrogens with one attached hydrogen (secondary N) is 1. The minimum absolute atomic E-state index is 0.304. The van der Waals surface area contributed by atoms with Crippen LogP contribution >= 0.6 is 0 Å². The van der Waals surface area contributed by atoms with Crippen LogP contribution in [0.4, 0.5) is 0 Å². The summed E-state index contributed by atoms with van der Waals surface area (Å²) in [5.41, 5.74) is 0. The highest BCUT2D eigenvalue weighted by Crippen LogP contribution is 2.02. The zero-order valence-electron chi connectivity index (χ0n) is 12.7. The van der Waals surface area contributed by atoms with Gasteiger partial charge in [0.2, 0.25) is 0 Å². The number of morpholine rings is 1. The second kappa shape index (κ2) is 9.17. The Hall–Kier alpha value is -0.920. The molecule has 120 valence electrons. The summed E-state index contributed by atoms with van der Waals surface area (Å²) in [7, 11) is 0. The van der Waals surface area contributed by atoms with E-state index in [-0.39, 0.29) is 0 Å². The lowest BCUT2D eigenvalue weighted by Gasteiger charge is -2.29. The molecule has 1 aliphatic rings. The number of ether oxygens (including phenoxy) is 2. The fraction of sp³-hybridized carbons (Fsp3) is 0.733. The van der Waals surface area contributed by atoms with Crippen LogP contribution in [-0.4, -0.2) is 68.2 Å². The van der Waals surface area contributed by atoms with Gasteiger partial charge in [-0.2, -0.15) is 0 Å². The molecule has 1 fully saturated rings. The lowest BCUT2D eigenvalue weighted by molar-refractivity contribution is 0.0179. The average molecular weight is 298 g/mol. The molecule has 1 saturated heterocycles. The highest BCUT2D eigenvalue weighted by Gasteiger charge is 2.14. The van der Waals surface area contributed by atoms with Crippen molar-refractivity contribution >= 4 is 0 Å². The van der Waals surface area contributed by atoms with E-state index < -0.39 is 6.10 Å². The van der Waals surface area contributed by atoms with Crippen molar-refractivity contribution in [3.8, 4) is 0 Å². The van der Waals surface area contributed by atoms with Crippen molar-refractivity contribution in [2.45, 2.75) is 25.7 Å². The van der Waals surface area contributed by atoms with Crippen LogP contribution in [0.25, 0.3) is 0 Å². The Kier molecular flexibility index (Phi) is 7.18. The van der Waals surface area contributed by atoms with Gasteiger partial charge in [0.05, 0.1) is 32.2 Å². The highest BCUT2D eigenvalue weighted by molar-refractivity contribution is 4.96. The van der Waals surface area contributed by atoms with E-state index in [2.05, 4.69) is 17.1 Å². The van der Waals surface area contributed by atoms with Crippen LogP contribution in [0, 0.1) is 0 Å². The molecule has 0 saturated carbocycles. The van der Waals surface area contributed by atoms with Crippen LogP contribution in [0.15, 0.2) is 22.8 Å². The molecule has 1 aliphatic heterocycles. The summed E-state index contributed by atoms with van der Waals surface area (Å²) in [5.74, 6) is 0.774. The predicted molar refractivity (Wildman–Crippen MR) is 79.1 cm³/mol. The number of aliphatic hydroxyl groups excluding tert-OH is 1. The van der Waals surface area contributed by atoms with E-state index in [9.17, 15) is 5.11 Å². The Morgan fingerprint density at radius 1 is 1.43 bits per heavy atom. The van der Waals surface area contributed by atoms with Gasteiger partial charge in [-0.15, -0.1) is 0 Å². The van der Waals surface area contributed by atoms with Crippen LogP contribution in [0.3, 0.4) is 0 Å². The Morgan fingerprint density at radius 3 is 2.95 bits per heavy atom. The predicted octanol–water partition coefficient (Wildman–Crippen LogP) is 0.467. The monoisotopic (exact) mass is 298 g/mol. The molecule has 0 bridgehead atoms. The summed E-state index contributed by atoms with van der Waals surface area (Å²) in [4.78, 5) is 2.38. The molecule has 21 heavy (non-hydrogen) atoms. The molecule has 2 heterocycles. The van der Waals surface area contributed by atoms with Crippen LogP contribution < -0.4 is 5.32 Å². The van der Waals surface area contributed by atoms with E-state index in [0.717, 1.165) is 38.6 Å². The van der Waals surface area contributed by atoms with Gasteiger partial charge in [0.1, 0.15) is 12.4 Å². The second-order valence-corrected chi connectivity index (χ2v) is 5.47. The van der Waals surface area contributed by atoms with Crippen LogP contribution in [-0.2, 0) is 16.1 Å². The molecule has 2 rings (SSSR count). The van der Waals surface area contributed by atoms with Crippen molar-refractivity contribution in [3.05, 3.63) is 24.2 Å². The summed E-state index contributed by atoms with van der Waals surface area (Å²) in [6.45, 7) is 7.94. The maximum absolute atomic E-state index is 9.88. The molecular weight excluding hydrogens is 272 g/mol. The molecule has 1 aromatic heterocycles. The minimum atomic E-state index is -0.507. The summed E-state index contributed by atoms with van der Waals surface area (Å²) in [5, 5.41) is 13.2. The standard InChI is InChI=1S/C15H26N2O4/c1-13(10-17-4-7-19-8-5-17)16-9-14(18)11-20-12-15-3-2-6-21-15/h2-3,6,13-14,16,18H,4-5,7-12H2,1H3. The van der Waals surface area contributed by atoms with Gasteiger partial charge in [-0.25, -0.2) is 0 Å². The Morgan fingerprint density at radius 2 is 2.24 bits per heavy atom. The average Bonchev–Trinajstić information content (AvgIpc) is 2.99. The minimum Gasteiger partial charge on any atom is -0.467 e. The summed E-state index contributed by atoms with van der Waals surface area (Å²) in [6, 6.07) is 4.02. The SMILES string of the molecule is CC(CN1CCOCC1)NCC(O)COCc1ccco1. The molecule has 6 heteroatoms. The van der Waals surface area contributed by atoms with Crippen LogP contribution in [0.5, 0.6) is 0 Å². The molecule has 2 N–H and O–H groups in total. The van der Waals surface area contributed by atoms with Gasteiger partial charge in [-0.1, -0.05) is 0 Å². The van der Waals surface area contributed by atoms with Crippen molar-refractivity contribution in [2.24, 2.45) is 0 Å². The fourth-order valence-corrected chi connectivity index (χ4v) is 2.32. The van der Waals surface area contributed by atoms with Crippen molar-refractivity contribution in [1.82, 2.24) is 10.2 Å². The van der Waals surface area contributed by atoms with E-state index in [1.54, 1.807) is 6.26 Å². The van der Waals surface area contributed by atoms with Gasteiger partial charge in [-0.3, -0.25) is 4.90 Å². The molecular formula is C15H26N2O4. The fourth-order valence-electron chi connectivity index (χ4n) is 2.32. The highest BCUT2D eigenvalue weighted by atomic mass is 16.5. The first-order valence-corrected chi connectivity index (χ1v) is 7.55. The van der Waals surface area contributed by atoms with Crippen molar-refractivity contribution < 1.29 is 19.0 Å². The van der Waals surface area contributed by atoms with Crippen molar-refractivity contribution in [3.63, 3.8) is 0 Å². The van der Waals surface area contributed by atoms with Crippen LogP contribution in [0.2, 0.25) is 0 Å². The number of furan rings is 1. The summed E-state index contributed by atoms with van der Waals surface area (Å²) >= 11 is 0. The summed E-state index contributed by atoms with van der Waals surface area (Å²) in [6.07, 6.45) is 1.11. The number of rotatable bonds is 9. The molecule has 0 amide bonds. The van der Waals surface area contributed by atoms with Crippen molar-refractivity contribution in [2.75, 3.05) is 46.0 Å². The van der Waals surface area contributed by atoms with E-state index >= 15 is 0 Å². The zero-order chi connectivity index (χ0) is 14.9. The third kappa shape index (κ3) is 6.58. The first-order valence-electron chi connectivity index (χ1n) is 7.55. The molecule has 6 nitrogen and oxygen atoms in total. The Balaban J connectivity index is 1.52. The van der Waals surface area contributed by atoms with Crippen LogP contribution in [0.1, 0.15) is 12.7 Å². The topological polar surface area (TPSA) is 67.1 Å². The number of hydrogen-bond acceptors (Lipinski definition) is 6. The van der Waals surface area contributed by atoms with Gasteiger partial charge >= 0.3 is 0 Å². The molecule has 0 aliphatic carbocycles. The van der Waals surface area contributed by atoms with Gasteiger partial charge in [0.25, 0.3) is 0 Å². The quantitative estimate of drug-likeness (QED) is 0.691. The molecule has 0 aromatic carbocycles. The number of aliphatic hydroxyl groups is 1. The van der Waals surface area contributed by atoms with E-state index in [0.29, 0.717) is 25.8 Å². The Bertz CT molecular complexity index is 366. The molecule has 2 atom stereocenters. The number of nitrogens with zero attached hydrogens (tertiary/aromatic N) is 1. The molecule has 2 unspecified atom stereocenters. The first kappa shape index (κ1) is 16.5. The first-order chi connectivity index (χ1) is 10.2. The smallest absolute Gasteiger partial charge is 0.129 e. The van der Waals surface area contributed by atoms with Gasteiger partial charge < -0.3 is 24.3 Å². The van der Waals surface area contributed by atoms with E-state index in [1.807, 2.05) is 12.1 Å². The lowest BCUT2D eigenvalue weighted by atomic mass is 10.2. The van der Waals surface area contributed by atoms with E-state index in [1.165, 1.54) is 0 Å². The van der Waals surface area contributed by atoms with Crippen molar-refractivity contribution in [1.29, 1.82) is 0 Å². The van der Waals surface area contributed by atoms with Gasteiger partial charge in [0, 0.05) is 32.2 Å². The van der Waals surface area contributed by atoms with E-state index in [4.69, 9.17) is 13.9 Å².